The van der Waals surface area contributed by atoms with Crippen LogP contribution in [0.25, 0.3) is 0 Å². The minimum Gasteiger partial charge on any atom is -0.496 e. The van der Waals surface area contributed by atoms with Gasteiger partial charge in [-0.1, -0.05) is 56.3 Å². The van der Waals surface area contributed by atoms with Crippen molar-refractivity contribution in [1.29, 1.82) is 0 Å². The third kappa shape index (κ3) is 12.1. The number of aliphatic carboxylic acids is 3. The summed E-state index contributed by atoms with van der Waals surface area (Å²) in [7, 11) is 5.22. The van der Waals surface area contributed by atoms with Crippen molar-refractivity contribution in [1.82, 2.24) is 10.6 Å². The molecule has 0 aliphatic heterocycles. The van der Waals surface area contributed by atoms with Crippen molar-refractivity contribution in [3.8, 4) is 23.0 Å². The number of ketones is 1. The first-order valence-electron chi connectivity index (χ1n) is 16.5. The summed E-state index contributed by atoms with van der Waals surface area (Å²) in [6, 6.07) is 16.2. The number of methoxy groups -OCH3 is 4. The summed E-state index contributed by atoms with van der Waals surface area (Å²) >= 11 is 0. The van der Waals surface area contributed by atoms with Crippen LogP contribution in [0.5, 0.6) is 23.0 Å². The molecule has 0 fully saturated rings. The van der Waals surface area contributed by atoms with E-state index < -0.39 is 59.6 Å². The molecule has 3 aromatic carbocycles. The van der Waals surface area contributed by atoms with Gasteiger partial charge in [0.15, 0.2) is 5.78 Å². The fourth-order valence-electron chi connectivity index (χ4n) is 5.26. The summed E-state index contributed by atoms with van der Waals surface area (Å²) in [4.78, 5) is 72.6. The summed E-state index contributed by atoms with van der Waals surface area (Å²) in [6.07, 6.45) is -0.346. The van der Waals surface area contributed by atoms with Crippen LogP contribution in [0.4, 0.5) is 4.79 Å². The molecule has 2 amide bonds. The number of carboxylic acids is 3. The van der Waals surface area contributed by atoms with Gasteiger partial charge in [-0.3, -0.25) is 24.0 Å². The molecule has 0 aromatic heterocycles. The van der Waals surface area contributed by atoms with Crippen LogP contribution in [0, 0.1) is 5.92 Å². The fraction of sp³-hybridized carbons (Fsp3) is 0.368. The molecule has 292 valence electrons. The van der Waals surface area contributed by atoms with Crippen molar-refractivity contribution in [2.24, 2.45) is 5.92 Å². The van der Waals surface area contributed by atoms with E-state index in [1.807, 2.05) is 44.2 Å². The molecule has 0 spiro atoms. The zero-order valence-corrected chi connectivity index (χ0v) is 31.0. The van der Waals surface area contributed by atoms with Gasteiger partial charge in [0.1, 0.15) is 53.5 Å². The summed E-state index contributed by atoms with van der Waals surface area (Å²) in [6.45, 7) is 5.25. The maximum Gasteiger partial charge on any atom is 0.408 e. The highest BCUT2D eigenvalue weighted by molar-refractivity contribution is 6.16. The Labute approximate surface area is 312 Å². The lowest BCUT2D eigenvalue weighted by molar-refractivity contribution is -0.147. The van der Waals surface area contributed by atoms with Crippen LogP contribution < -0.4 is 29.6 Å². The largest absolute Gasteiger partial charge is 0.496 e. The standard InChI is InChI=1S/C21H22O9.C17H24N2O5/c1-27-11-7-5-8-12(28-2)15(11)17(20(23)24)19(22)18(21(25)26)16-13(29-3)9-6-10-14(16)30-4;1-11(2)9-14(15(20)18-12(3)16(21)22)19-17(23)24-10-13-7-5-4-6-8-13/h5-10,17-18H,1-4H3,(H,23,24)(H,25,26);4-8,11-12,14H,9-10H2,1-3H3,(H,18,20)(H,19,23)(H,21,22)/t;12-,14-/m.0/s1. The van der Waals surface area contributed by atoms with Crippen LogP contribution in [0.2, 0.25) is 0 Å². The number of alkyl carbamates (subject to hydrolysis) is 1. The Kier molecular flexibility index (Phi) is 17.3. The molecule has 16 heteroatoms. The van der Waals surface area contributed by atoms with Gasteiger partial charge in [0.25, 0.3) is 0 Å². The van der Waals surface area contributed by atoms with Crippen molar-refractivity contribution in [2.75, 3.05) is 28.4 Å². The molecule has 3 aromatic rings. The predicted molar refractivity (Wildman–Crippen MR) is 193 cm³/mol. The lowest BCUT2D eigenvalue weighted by Gasteiger charge is -2.23. The highest BCUT2D eigenvalue weighted by Crippen LogP contribution is 2.42. The number of nitrogens with one attached hydrogen (secondary N) is 2. The molecule has 0 saturated carbocycles. The van der Waals surface area contributed by atoms with E-state index in [1.54, 1.807) is 12.1 Å². The van der Waals surface area contributed by atoms with Crippen LogP contribution >= 0.6 is 0 Å². The maximum atomic E-state index is 13.4. The summed E-state index contributed by atoms with van der Waals surface area (Å²) < 4.78 is 25.9. The Balaban J connectivity index is 0.000000383. The molecule has 0 heterocycles. The van der Waals surface area contributed by atoms with Crippen LogP contribution in [-0.2, 0) is 35.3 Å². The molecule has 0 aliphatic rings. The van der Waals surface area contributed by atoms with E-state index in [9.17, 15) is 39.0 Å². The van der Waals surface area contributed by atoms with E-state index in [0.29, 0.717) is 6.42 Å². The Hall–Kier alpha value is -6.32. The number of ether oxygens (including phenoxy) is 5. The highest BCUT2D eigenvalue weighted by atomic mass is 16.5. The van der Waals surface area contributed by atoms with E-state index in [4.69, 9.17) is 28.8 Å². The van der Waals surface area contributed by atoms with Gasteiger partial charge in [-0.2, -0.15) is 0 Å². The van der Waals surface area contributed by atoms with Crippen LogP contribution in [0.1, 0.15) is 55.7 Å². The third-order valence-electron chi connectivity index (χ3n) is 7.83. The SMILES string of the molecule is CC(C)C[C@H](NC(=O)OCc1ccccc1)C(=O)N[C@@H](C)C(=O)O.COc1cccc(OC)c1C(C(=O)O)C(=O)C(C(=O)O)c1c(OC)cccc1OC. The molecule has 0 saturated heterocycles. The average molecular weight is 755 g/mol. The summed E-state index contributed by atoms with van der Waals surface area (Å²) in [5, 5.41) is 33.5. The molecular formula is C38H46N2O14. The third-order valence-corrected chi connectivity index (χ3v) is 7.83. The number of carbonyl (C=O) groups is 6. The quantitative estimate of drug-likeness (QED) is 0.114. The molecule has 5 N–H and O–H groups in total. The Morgan fingerprint density at radius 3 is 1.37 bits per heavy atom. The maximum absolute atomic E-state index is 13.4. The van der Waals surface area contributed by atoms with Crippen LogP contribution in [0.3, 0.4) is 0 Å². The van der Waals surface area contributed by atoms with E-state index in [-0.39, 0.29) is 46.6 Å². The first-order valence-corrected chi connectivity index (χ1v) is 16.5. The minimum atomic E-state index is -1.88. The topological polar surface area (TPSA) is 233 Å². The van der Waals surface area contributed by atoms with Crippen LogP contribution in [0.15, 0.2) is 66.7 Å². The lowest BCUT2D eigenvalue weighted by atomic mass is 9.82. The molecule has 54 heavy (non-hydrogen) atoms. The number of carbonyl (C=O) groups excluding carboxylic acids is 3. The summed E-state index contributed by atoms with van der Waals surface area (Å²) in [5.74, 6) is -9.23. The average Bonchev–Trinajstić information content (AvgIpc) is 3.14. The van der Waals surface area contributed by atoms with E-state index in [1.165, 1.54) is 59.6 Å². The van der Waals surface area contributed by atoms with Crippen molar-refractivity contribution in [3.63, 3.8) is 0 Å². The van der Waals surface area contributed by atoms with Crippen molar-refractivity contribution in [3.05, 3.63) is 83.4 Å². The molecular weight excluding hydrogens is 708 g/mol. The molecule has 4 atom stereocenters. The van der Waals surface area contributed by atoms with E-state index >= 15 is 0 Å². The van der Waals surface area contributed by atoms with E-state index in [2.05, 4.69) is 10.6 Å². The molecule has 0 bridgehead atoms. The normalized spacial score (nSPS) is 12.7. The number of amides is 2. The Morgan fingerprint density at radius 2 is 1.02 bits per heavy atom. The zero-order chi connectivity index (χ0) is 40.5. The number of rotatable bonds is 18. The van der Waals surface area contributed by atoms with Gasteiger partial charge in [0.2, 0.25) is 5.91 Å². The van der Waals surface area contributed by atoms with Crippen LogP contribution in [-0.4, -0.2) is 91.5 Å². The number of hydrogen-bond donors (Lipinski definition) is 5. The highest BCUT2D eigenvalue weighted by Gasteiger charge is 2.44. The molecule has 3 rings (SSSR count). The second kappa shape index (κ2) is 21.3. The number of Topliss-reactive ketones (excluding diaryl/α,β-unsaturated/α-hetero) is 1. The number of carboxylic acid groups (broad SMARTS) is 3. The number of benzene rings is 3. The number of hydrogen-bond acceptors (Lipinski definition) is 11. The summed E-state index contributed by atoms with van der Waals surface area (Å²) in [5.41, 5.74) is 0.664. The monoisotopic (exact) mass is 754 g/mol. The van der Waals surface area contributed by atoms with Gasteiger partial charge >= 0.3 is 24.0 Å². The lowest BCUT2D eigenvalue weighted by Crippen LogP contribution is -2.51. The second-order valence-electron chi connectivity index (χ2n) is 12.1. The van der Waals surface area contributed by atoms with Gasteiger partial charge in [-0.15, -0.1) is 0 Å². The van der Waals surface area contributed by atoms with Gasteiger partial charge < -0.3 is 49.6 Å². The van der Waals surface area contributed by atoms with Gasteiger partial charge in [-0.25, -0.2) is 4.79 Å². The smallest absolute Gasteiger partial charge is 0.408 e. The Morgan fingerprint density at radius 1 is 0.593 bits per heavy atom. The van der Waals surface area contributed by atoms with Crippen molar-refractivity contribution in [2.45, 2.75) is 57.7 Å². The fourth-order valence-corrected chi connectivity index (χ4v) is 5.26. The van der Waals surface area contributed by atoms with E-state index in [0.717, 1.165) is 5.56 Å². The first kappa shape index (κ1) is 43.8. The van der Waals surface area contributed by atoms with Gasteiger partial charge in [-0.05, 0) is 49.1 Å². The van der Waals surface area contributed by atoms with Gasteiger partial charge in [0, 0.05) is 0 Å². The molecule has 0 radical (unpaired) electrons. The second-order valence-corrected chi connectivity index (χ2v) is 12.1. The predicted octanol–water partition coefficient (Wildman–Crippen LogP) is 4.24. The first-order chi connectivity index (χ1) is 25.6. The zero-order valence-electron chi connectivity index (χ0n) is 31.0. The molecule has 2 unspecified atom stereocenters. The minimum absolute atomic E-state index is 0.0752. The molecule has 0 aliphatic carbocycles. The van der Waals surface area contributed by atoms with Crippen molar-refractivity contribution < 1.29 is 67.8 Å². The van der Waals surface area contributed by atoms with Gasteiger partial charge in [0.05, 0.1) is 39.6 Å². The Bertz CT molecular complexity index is 1640. The van der Waals surface area contributed by atoms with Crippen molar-refractivity contribution >= 4 is 35.7 Å². The molecule has 16 nitrogen and oxygen atoms in total.